The maximum atomic E-state index is 12.6. The van der Waals surface area contributed by atoms with Crippen LogP contribution >= 0.6 is 0 Å². The van der Waals surface area contributed by atoms with E-state index in [4.69, 9.17) is 11.0 Å². The number of aromatic nitrogens is 3. The van der Waals surface area contributed by atoms with E-state index in [1.165, 1.54) is 10.9 Å². The van der Waals surface area contributed by atoms with Crippen molar-refractivity contribution in [1.29, 1.82) is 5.26 Å². The number of amides is 2. The number of nitrogens with one attached hydrogen (secondary N) is 1. The molecular weight excluding hydrogens is 396 g/mol. The predicted molar refractivity (Wildman–Crippen MR) is 117 cm³/mol. The summed E-state index contributed by atoms with van der Waals surface area (Å²) in [6.07, 6.45) is 5.58. The van der Waals surface area contributed by atoms with Crippen molar-refractivity contribution in [1.82, 2.24) is 24.8 Å². The summed E-state index contributed by atoms with van der Waals surface area (Å²) >= 11 is 0. The normalized spacial score (nSPS) is 18.6. The second-order valence-electron chi connectivity index (χ2n) is 7.97. The number of likely N-dealkylation sites (N-methyl/N-ethyl adjacent to an activating group) is 1. The molecule has 2 atom stereocenters. The van der Waals surface area contributed by atoms with Gasteiger partial charge >= 0.3 is 6.03 Å². The molecule has 0 aliphatic carbocycles. The average Bonchev–Trinajstić information content (AvgIpc) is 3.21. The lowest BCUT2D eigenvalue weighted by Crippen LogP contribution is -2.52. The summed E-state index contributed by atoms with van der Waals surface area (Å²) in [4.78, 5) is 37.4. The van der Waals surface area contributed by atoms with Crippen LogP contribution in [-0.4, -0.2) is 70.6 Å². The smallest absolute Gasteiger partial charge is 0.327 e. The first-order valence-electron chi connectivity index (χ1n) is 10.7. The summed E-state index contributed by atoms with van der Waals surface area (Å²) in [6, 6.07) is 3.59. The minimum atomic E-state index is -0.237. The summed E-state index contributed by atoms with van der Waals surface area (Å²) in [6.45, 7) is 4.51. The van der Waals surface area contributed by atoms with Crippen molar-refractivity contribution in [2.75, 3.05) is 38.1 Å². The Bertz CT molecular complexity index is 966. The topological polar surface area (TPSA) is 133 Å². The fraction of sp³-hybridized carbons (Fsp3) is 0.571. The lowest BCUT2D eigenvalue weighted by Gasteiger charge is -2.42. The van der Waals surface area contributed by atoms with Gasteiger partial charge in [0.05, 0.1) is 17.5 Å². The lowest BCUT2D eigenvalue weighted by molar-refractivity contribution is -0.131. The van der Waals surface area contributed by atoms with Gasteiger partial charge in [-0.15, -0.1) is 0 Å². The summed E-state index contributed by atoms with van der Waals surface area (Å²) in [5, 5.41) is 12.5. The van der Waals surface area contributed by atoms with Gasteiger partial charge in [-0.1, -0.05) is 6.92 Å². The van der Waals surface area contributed by atoms with Crippen molar-refractivity contribution in [2.45, 2.75) is 38.6 Å². The molecule has 0 spiro atoms. The molecule has 1 aliphatic heterocycles. The largest absolute Gasteiger partial charge is 0.354 e. The Morgan fingerprint density at radius 1 is 1.39 bits per heavy atom. The van der Waals surface area contributed by atoms with Crippen molar-refractivity contribution in [2.24, 2.45) is 11.7 Å². The average molecular weight is 427 g/mol. The molecule has 2 amide bonds. The maximum absolute atomic E-state index is 12.6. The van der Waals surface area contributed by atoms with Crippen LogP contribution in [0.2, 0.25) is 0 Å². The first kappa shape index (κ1) is 22.5. The Kier molecular flexibility index (Phi) is 7.41. The zero-order valence-corrected chi connectivity index (χ0v) is 18.1. The Hall–Kier alpha value is -3.19. The molecule has 3 rings (SSSR count). The Balaban J connectivity index is 1.80. The van der Waals surface area contributed by atoms with Crippen molar-refractivity contribution >= 4 is 28.8 Å². The van der Waals surface area contributed by atoms with Gasteiger partial charge in [0.15, 0.2) is 5.65 Å². The van der Waals surface area contributed by atoms with Crippen LogP contribution in [0.1, 0.15) is 32.6 Å². The summed E-state index contributed by atoms with van der Waals surface area (Å²) in [5.41, 5.74) is 6.03. The molecule has 10 heteroatoms. The zero-order valence-electron chi connectivity index (χ0n) is 18.1. The van der Waals surface area contributed by atoms with Gasteiger partial charge in [-0.2, -0.15) is 5.26 Å². The first-order chi connectivity index (χ1) is 15.0. The van der Waals surface area contributed by atoms with Gasteiger partial charge < -0.3 is 20.9 Å². The Morgan fingerprint density at radius 2 is 2.19 bits per heavy atom. The van der Waals surface area contributed by atoms with Gasteiger partial charge in [-0.05, 0) is 37.8 Å². The molecule has 0 bridgehead atoms. The first-order valence-corrected chi connectivity index (χ1v) is 10.7. The van der Waals surface area contributed by atoms with Crippen LogP contribution in [0.5, 0.6) is 0 Å². The Labute approximate surface area is 182 Å². The third-order valence-corrected chi connectivity index (χ3v) is 5.92. The molecule has 1 saturated heterocycles. The van der Waals surface area contributed by atoms with Gasteiger partial charge in [0.25, 0.3) is 0 Å². The second-order valence-corrected chi connectivity index (χ2v) is 7.97. The number of nitriles is 1. The van der Waals surface area contributed by atoms with E-state index in [2.05, 4.69) is 27.1 Å². The molecule has 10 nitrogen and oxygen atoms in total. The molecule has 1 fully saturated rings. The number of carbonyl (C=O) groups is 2. The highest BCUT2D eigenvalue weighted by Gasteiger charge is 2.32. The molecule has 166 valence electrons. The second kappa shape index (κ2) is 10.2. The van der Waals surface area contributed by atoms with Crippen LogP contribution in [0.3, 0.4) is 0 Å². The molecular formula is C21H30N8O2. The fourth-order valence-electron chi connectivity index (χ4n) is 4.05. The van der Waals surface area contributed by atoms with Gasteiger partial charge in [0.2, 0.25) is 5.91 Å². The number of likely N-dealkylation sites (tertiary alicyclic amines) is 1. The number of unbranched alkanes of at least 4 members (excludes halogenated alkanes) is 1. The van der Waals surface area contributed by atoms with E-state index in [1.807, 2.05) is 19.2 Å². The van der Waals surface area contributed by atoms with E-state index in [0.29, 0.717) is 43.6 Å². The molecule has 2 aromatic rings. The molecule has 3 N–H and O–H groups in total. The van der Waals surface area contributed by atoms with Gasteiger partial charge in [0, 0.05) is 32.9 Å². The number of nitrogens with zero attached hydrogens (tertiary/aromatic N) is 6. The highest BCUT2D eigenvalue weighted by Crippen LogP contribution is 2.29. The Morgan fingerprint density at radius 3 is 2.94 bits per heavy atom. The van der Waals surface area contributed by atoms with Crippen LogP contribution in [0.25, 0.3) is 11.0 Å². The number of hydrogen-bond acceptors (Lipinski definition) is 7. The van der Waals surface area contributed by atoms with Gasteiger partial charge in [-0.25, -0.2) is 14.8 Å². The van der Waals surface area contributed by atoms with Crippen molar-refractivity contribution in [3.63, 3.8) is 0 Å². The van der Waals surface area contributed by atoms with E-state index in [1.54, 1.807) is 11.1 Å². The van der Waals surface area contributed by atoms with Crippen LogP contribution < -0.4 is 16.0 Å². The number of nitrogens with two attached hydrogens (primary N) is 1. The van der Waals surface area contributed by atoms with Crippen molar-refractivity contribution in [3.8, 4) is 6.07 Å². The van der Waals surface area contributed by atoms with E-state index in [9.17, 15) is 9.59 Å². The summed E-state index contributed by atoms with van der Waals surface area (Å²) in [7, 11) is 1.95. The number of anilines is 1. The molecule has 0 aromatic carbocycles. The van der Waals surface area contributed by atoms with E-state index in [0.717, 1.165) is 24.6 Å². The monoisotopic (exact) mass is 426 g/mol. The molecule has 1 unspecified atom stereocenters. The third kappa shape index (κ3) is 4.94. The fourth-order valence-corrected chi connectivity index (χ4v) is 4.05. The quantitative estimate of drug-likeness (QED) is 0.638. The molecule has 3 heterocycles. The van der Waals surface area contributed by atoms with Crippen LogP contribution in [0, 0.1) is 17.2 Å². The lowest BCUT2D eigenvalue weighted by atomic mass is 9.92. The van der Waals surface area contributed by atoms with Gasteiger partial charge in [0.1, 0.15) is 18.6 Å². The minimum Gasteiger partial charge on any atom is -0.354 e. The van der Waals surface area contributed by atoms with Crippen LogP contribution in [0.4, 0.5) is 10.6 Å². The third-order valence-electron chi connectivity index (χ3n) is 5.92. The standard InChI is InChI=1S/C21H30N8O2/c1-15-6-11-28(18(30)5-9-23)13-17(15)27(2)19-16-7-12-29(20(16)26-14-25-19)21(31)24-10-4-3-8-22/h7,12,14-15,17H,3-6,8,10-11,13,22H2,1-2H3,(H,24,31)/t15-,17?/m1/s1. The van der Waals surface area contributed by atoms with E-state index < -0.39 is 0 Å². The van der Waals surface area contributed by atoms with Crippen LogP contribution in [0.15, 0.2) is 18.6 Å². The summed E-state index contributed by atoms with van der Waals surface area (Å²) < 4.78 is 1.49. The maximum Gasteiger partial charge on any atom is 0.327 e. The van der Waals surface area contributed by atoms with Crippen molar-refractivity contribution < 1.29 is 9.59 Å². The number of rotatable bonds is 7. The zero-order chi connectivity index (χ0) is 22.4. The van der Waals surface area contributed by atoms with E-state index in [-0.39, 0.29) is 24.4 Å². The minimum absolute atomic E-state index is 0.0444. The molecule has 31 heavy (non-hydrogen) atoms. The molecule has 2 aromatic heterocycles. The number of carbonyl (C=O) groups excluding carboxylic acids is 2. The highest BCUT2D eigenvalue weighted by molar-refractivity contribution is 5.94. The highest BCUT2D eigenvalue weighted by atomic mass is 16.2. The van der Waals surface area contributed by atoms with Crippen molar-refractivity contribution in [3.05, 3.63) is 18.6 Å². The summed E-state index contributed by atoms with van der Waals surface area (Å²) in [5.74, 6) is 0.915. The van der Waals surface area contributed by atoms with Gasteiger partial charge in [-0.3, -0.25) is 9.36 Å². The van der Waals surface area contributed by atoms with E-state index >= 15 is 0 Å². The number of fused-ring (bicyclic) bond motifs is 1. The molecule has 0 radical (unpaired) electrons. The molecule has 0 saturated carbocycles. The SMILES string of the molecule is C[C@@H]1CCN(C(=O)CC#N)CC1N(C)c1ncnc2c1ccn2C(=O)NCCCCN. The van der Waals surface area contributed by atoms with Crippen LogP contribution in [-0.2, 0) is 4.79 Å². The number of hydrogen-bond donors (Lipinski definition) is 2. The predicted octanol–water partition coefficient (Wildman–Crippen LogP) is 1.31. The number of piperidine rings is 1. The molecule has 1 aliphatic rings.